The van der Waals surface area contributed by atoms with E-state index in [4.69, 9.17) is 9.47 Å². The Balaban J connectivity index is 1.69. The van der Waals surface area contributed by atoms with E-state index in [2.05, 4.69) is 48.0 Å². The molecular formula is C26H37N3O3. The molecule has 174 valence electrons. The molecule has 1 amide bonds. The first-order valence-electron chi connectivity index (χ1n) is 11.8. The number of carbonyl (C=O) groups excluding carboxylic acids is 1. The van der Waals surface area contributed by atoms with Crippen LogP contribution in [-0.2, 0) is 0 Å². The fraction of sp³-hybridized carbons (Fsp3) is 0.500. The second-order valence-corrected chi connectivity index (χ2v) is 8.23. The smallest absolute Gasteiger partial charge is 0.255 e. The third-order valence-corrected chi connectivity index (χ3v) is 5.77. The number of likely N-dealkylation sites (N-methyl/N-ethyl adjacent to an activating group) is 1. The minimum absolute atomic E-state index is 0.152. The average molecular weight is 440 g/mol. The molecule has 1 saturated heterocycles. The van der Waals surface area contributed by atoms with Crippen LogP contribution < -0.4 is 19.7 Å². The molecular weight excluding hydrogens is 402 g/mol. The minimum Gasteiger partial charge on any atom is -0.490 e. The summed E-state index contributed by atoms with van der Waals surface area (Å²) in [6, 6.07) is 11.6. The van der Waals surface area contributed by atoms with Gasteiger partial charge in [-0.2, -0.15) is 0 Å². The van der Waals surface area contributed by atoms with E-state index in [1.54, 1.807) is 12.1 Å². The van der Waals surface area contributed by atoms with Crippen LogP contribution in [0.15, 0.2) is 36.4 Å². The number of ether oxygens (including phenoxy) is 2. The summed E-state index contributed by atoms with van der Waals surface area (Å²) in [6.07, 6.45) is 1.81. The maximum atomic E-state index is 13.0. The number of hydrogen-bond acceptors (Lipinski definition) is 5. The molecule has 1 heterocycles. The van der Waals surface area contributed by atoms with E-state index in [1.807, 2.05) is 19.1 Å². The second kappa shape index (κ2) is 11.8. The lowest BCUT2D eigenvalue weighted by molar-refractivity contribution is 0.102. The van der Waals surface area contributed by atoms with Crippen LogP contribution in [-0.4, -0.2) is 56.7 Å². The summed E-state index contributed by atoms with van der Waals surface area (Å²) in [5.41, 5.74) is 3.65. The molecule has 0 atom stereocenters. The number of hydrogen-bond donors (Lipinski definition) is 1. The summed E-state index contributed by atoms with van der Waals surface area (Å²) in [4.78, 5) is 17.8. The first-order valence-corrected chi connectivity index (χ1v) is 11.8. The zero-order chi connectivity index (χ0) is 22.9. The van der Waals surface area contributed by atoms with Crippen LogP contribution in [0.3, 0.4) is 0 Å². The van der Waals surface area contributed by atoms with Crippen molar-refractivity contribution in [1.29, 1.82) is 0 Å². The minimum atomic E-state index is -0.152. The highest BCUT2D eigenvalue weighted by molar-refractivity contribution is 6.05. The summed E-state index contributed by atoms with van der Waals surface area (Å²) in [7, 11) is 0. The molecule has 0 spiro atoms. The monoisotopic (exact) mass is 439 g/mol. The van der Waals surface area contributed by atoms with Crippen molar-refractivity contribution in [2.45, 2.75) is 40.5 Å². The van der Waals surface area contributed by atoms with Crippen LogP contribution in [0.4, 0.5) is 11.4 Å². The third kappa shape index (κ3) is 6.16. The first-order chi connectivity index (χ1) is 15.5. The molecule has 0 aliphatic carbocycles. The van der Waals surface area contributed by atoms with Gasteiger partial charge in [-0.1, -0.05) is 20.8 Å². The Labute approximate surface area is 192 Å². The zero-order valence-electron chi connectivity index (χ0n) is 19.9. The molecule has 6 nitrogen and oxygen atoms in total. The van der Waals surface area contributed by atoms with E-state index in [9.17, 15) is 4.79 Å². The normalized spacial score (nSPS) is 14.3. The summed E-state index contributed by atoms with van der Waals surface area (Å²) in [5.74, 6) is 1.15. The molecule has 1 fully saturated rings. The summed E-state index contributed by atoms with van der Waals surface area (Å²) in [5, 5.41) is 3.06. The molecule has 0 unspecified atom stereocenters. The van der Waals surface area contributed by atoms with E-state index >= 15 is 0 Å². The zero-order valence-corrected chi connectivity index (χ0v) is 19.9. The van der Waals surface area contributed by atoms with Crippen molar-refractivity contribution < 1.29 is 14.3 Å². The Morgan fingerprint density at radius 1 is 0.906 bits per heavy atom. The van der Waals surface area contributed by atoms with Gasteiger partial charge in [-0.05, 0) is 68.3 Å². The van der Waals surface area contributed by atoms with Gasteiger partial charge in [0.15, 0.2) is 11.5 Å². The fourth-order valence-electron chi connectivity index (χ4n) is 3.81. The van der Waals surface area contributed by atoms with Crippen LogP contribution in [0, 0.1) is 6.92 Å². The number of benzene rings is 2. The van der Waals surface area contributed by atoms with Gasteiger partial charge in [0.25, 0.3) is 5.91 Å². The lowest BCUT2D eigenvalue weighted by Gasteiger charge is -2.35. The Bertz CT molecular complexity index is 892. The van der Waals surface area contributed by atoms with Crippen LogP contribution in [0.2, 0.25) is 0 Å². The molecule has 1 N–H and O–H groups in total. The van der Waals surface area contributed by atoms with Gasteiger partial charge in [-0.25, -0.2) is 0 Å². The van der Waals surface area contributed by atoms with Gasteiger partial charge in [0.2, 0.25) is 0 Å². The topological polar surface area (TPSA) is 54.0 Å². The van der Waals surface area contributed by atoms with Gasteiger partial charge in [0, 0.05) is 43.1 Å². The van der Waals surface area contributed by atoms with Crippen molar-refractivity contribution in [3.8, 4) is 11.5 Å². The third-order valence-electron chi connectivity index (χ3n) is 5.77. The van der Waals surface area contributed by atoms with Crippen LogP contribution in [0.1, 0.15) is 49.5 Å². The quantitative estimate of drug-likeness (QED) is 0.567. The number of amides is 1. The molecule has 3 rings (SSSR count). The molecule has 2 aromatic rings. The molecule has 0 saturated carbocycles. The van der Waals surface area contributed by atoms with Crippen molar-refractivity contribution in [1.82, 2.24) is 4.90 Å². The summed E-state index contributed by atoms with van der Waals surface area (Å²) >= 11 is 0. The number of aryl methyl sites for hydroxylation is 1. The van der Waals surface area contributed by atoms with Crippen molar-refractivity contribution in [3.63, 3.8) is 0 Å². The van der Waals surface area contributed by atoms with Crippen molar-refractivity contribution >= 4 is 17.3 Å². The van der Waals surface area contributed by atoms with E-state index in [-0.39, 0.29) is 5.91 Å². The molecule has 0 radical (unpaired) electrons. The van der Waals surface area contributed by atoms with E-state index in [0.717, 1.165) is 56.8 Å². The largest absolute Gasteiger partial charge is 0.490 e. The summed E-state index contributed by atoms with van der Waals surface area (Å²) < 4.78 is 11.6. The van der Waals surface area contributed by atoms with Crippen LogP contribution in [0.5, 0.6) is 11.5 Å². The number of nitrogens with one attached hydrogen (secondary N) is 1. The number of nitrogens with zero attached hydrogens (tertiary/aromatic N) is 2. The summed E-state index contributed by atoms with van der Waals surface area (Å²) in [6.45, 7) is 14.9. The van der Waals surface area contributed by atoms with Crippen molar-refractivity contribution in [2.24, 2.45) is 0 Å². The van der Waals surface area contributed by atoms with Gasteiger partial charge < -0.3 is 24.6 Å². The molecule has 2 aromatic carbocycles. The Morgan fingerprint density at radius 2 is 1.59 bits per heavy atom. The molecule has 1 aliphatic heterocycles. The van der Waals surface area contributed by atoms with E-state index < -0.39 is 0 Å². The molecule has 6 heteroatoms. The molecule has 0 aromatic heterocycles. The van der Waals surface area contributed by atoms with E-state index in [1.165, 1.54) is 5.69 Å². The van der Waals surface area contributed by atoms with Crippen LogP contribution >= 0.6 is 0 Å². The van der Waals surface area contributed by atoms with Gasteiger partial charge in [-0.15, -0.1) is 0 Å². The Kier molecular flexibility index (Phi) is 8.80. The standard InChI is InChI=1S/C26H37N3O3/c1-5-16-31-24-11-8-21(19-25(24)32-17-6-2)26(30)27-23-10-9-22(18-20(23)4)29-14-12-28(7-3)13-15-29/h8-11,18-19H,5-7,12-17H2,1-4H3,(H,27,30). The number of rotatable bonds is 10. The molecule has 1 aliphatic rings. The molecule has 32 heavy (non-hydrogen) atoms. The lowest BCUT2D eigenvalue weighted by atomic mass is 10.1. The SMILES string of the molecule is CCCOc1ccc(C(=O)Nc2ccc(N3CCN(CC)CC3)cc2C)cc1OCCC. The van der Waals surface area contributed by atoms with Gasteiger partial charge in [0.05, 0.1) is 13.2 Å². The highest BCUT2D eigenvalue weighted by Gasteiger charge is 2.17. The average Bonchev–Trinajstić information content (AvgIpc) is 2.82. The lowest BCUT2D eigenvalue weighted by Crippen LogP contribution is -2.46. The molecule has 0 bridgehead atoms. The number of piperazine rings is 1. The highest BCUT2D eigenvalue weighted by Crippen LogP contribution is 2.30. The van der Waals surface area contributed by atoms with Gasteiger partial charge in [-0.3, -0.25) is 4.79 Å². The maximum absolute atomic E-state index is 13.0. The second-order valence-electron chi connectivity index (χ2n) is 8.23. The maximum Gasteiger partial charge on any atom is 0.255 e. The predicted octanol–water partition coefficient (Wildman–Crippen LogP) is 4.97. The first kappa shape index (κ1) is 23.9. The van der Waals surface area contributed by atoms with Crippen molar-refractivity contribution in [3.05, 3.63) is 47.5 Å². The Hall–Kier alpha value is -2.73. The Morgan fingerprint density at radius 3 is 2.22 bits per heavy atom. The highest BCUT2D eigenvalue weighted by atomic mass is 16.5. The predicted molar refractivity (Wildman–Crippen MR) is 131 cm³/mol. The van der Waals surface area contributed by atoms with E-state index in [0.29, 0.717) is 30.3 Å². The van der Waals surface area contributed by atoms with Gasteiger partial charge >= 0.3 is 0 Å². The van der Waals surface area contributed by atoms with Crippen molar-refractivity contribution in [2.75, 3.05) is 56.2 Å². The van der Waals surface area contributed by atoms with Crippen LogP contribution in [0.25, 0.3) is 0 Å². The number of carbonyl (C=O) groups is 1. The fourth-order valence-corrected chi connectivity index (χ4v) is 3.81. The number of anilines is 2. The van der Waals surface area contributed by atoms with Gasteiger partial charge in [0.1, 0.15) is 0 Å².